The van der Waals surface area contributed by atoms with Crippen LogP contribution in [0.25, 0.3) is 0 Å². The van der Waals surface area contributed by atoms with Gasteiger partial charge in [-0.1, -0.05) is 12.8 Å². The lowest BCUT2D eigenvalue weighted by Gasteiger charge is -2.24. The van der Waals surface area contributed by atoms with E-state index in [1.807, 2.05) is 24.1 Å². The van der Waals surface area contributed by atoms with Crippen molar-refractivity contribution in [2.45, 2.75) is 38.6 Å². The fraction of sp³-hybridized carbons (Fsp3) is 0.667. The van der Waals surface area contributed by atoms with Gasteiger partial charge in [0.2, 0.25) is 5.91 Å². The van der Waals surface area contributed by atoms with Crippen molar-refractivity contribution in [3.05, 3.63) is 18.5 Å². The molecule has 16 heavy (non-hydrogen) atoms. The molecule has 1 aromatic rings. The lowest BCUT2D eigenvalue weighted by molar-refractivity contribution is -0.134. The number of carbonyl (C=O) groups is 1. The van der Waals surface area contributed by atoms with Crippen LogP contribution in [0.15, 0.2) is 18.5 Å². The summed E-state index contributed by atoms with van der Waals surface area (Å²) in [5, 5.41) is 4.12. The molecule has 1 fully saturated rings. The van der Waals surface area contributed by atoms with Gasteiger partial charge in [0.15, 0.2) is 0 Å². The molecule has 0 spiro atoms. The number of carbonyl (C=O) groups excluding carboxylic acids is 1. The third-order valence-corrected chi connectivity index (χ3v) is 3.20. The predicted molar refractivity (Wildman–Crippen MR) is 62.0 cm³/mol. The first kappa shape index (κ1) is 11.2. The van der Waals surface area contributed by atoms with Crippen molar-refractivity contribution < 1.29 is 4.79 Å². The minimum Gasteiger partial charge on any atom is -0.341 e. The summed E-state index contributed by atoms with van der Waals surface area (Å²) in [6, 6.07) is 1.68. The van der Waals surface area contributed by atoms with E-state index in [1.54, 1.807) is 10.9 Å². The molecule has 0 aromatic carbocycles. The Bertz CT molecular complexity index is 326. The first-order valence-electron chi connectivity index (χ1n) is 6.07. The maximum Gasteiger partial charge on any atom is 0.247 e. The largest absolute Gasteiger partial charge is 0.341 e. The molecule has 2 heterocycles. The number of hydrogen-bond donors (Lipinski definition) is 0. The Balaban J connectivity index is 2.00. The van der Waals surface area contributed by atoms with E-state index in [4.69, 9.17) is 0 Å². The molecule has 1 aliphatic heterocycles. The van der Waals surface area contributed by atoms with E-state index in [1.165, 1.54) is 12.8 Å². The highest BCUT2D eigenvalue weighted by atomic mass is 16.2. The molecule has 1 unspecified atom stereocenters. The van der Waals surface area contributed by atoms with Gasteiger partial charge < -0.3 is 4.90 Å². The van der Waals surface area contributed by atoms with E-state index in [0.29, 0.717) is 0 Å². The zero-order chi connectivity index (χ0) is 11.4. The van der Waals surface area contributed by atoms with Crippen LogP contribution >= 0.6 is 0 Å². The maximum absolute atomic E-state index is 12.2. The van der Waals surface area contributed by atoms with Crippen molar-refractivity contribution >= 4 is 5.91 Å². The van der Waals surface area contributed by atoms with Crippen LogP contribution in [0.1, 0.15) is 38.6 Å². The molecule has 1 aromatic heterocycles. The third-order valence-electron chi connectivity index (χ3n) is 3.20. The molecule has 1 amide bonds. The normalized spacial score (nSPS) is 19.2. The topological polar surface area (TPSA) is 38.1 Å². The molecule has 0 N–H and O–H groups in total. The van der Waals surface area contributed by atoms with Gasteiger partial charge in [-0.05, 0) is 25.8 Å². The fourth-order valence-electron chi connectivity index (χ4n) is 2.18. The Morgan fingerprint density at radius 2 is 1.94 bits per heavy atom. The van der Waals surface area contributed by atoms with E-state index < -0.39 is 0 Å². The van der Waals surface area contributed by atoms with E-state index in [-0.39, 0.29) is 11.9 Å². The Labute approximate surface area is 96.2 Å². The van der Waals surface area contributed by atoms with Gasteiger partial charge >= 0.3 is 0 Å². The van der Waals surface area contributed by atoms with E-state index in [0.717, 1.165) is 25.9 Å². The summed E-state index contributed by atoms with van der Waals surface area (Å²) in [6.07, 6.45) is 8.33. The Morgan fingerprint density at radius 3 is 2.50 bits per heavy atom. The summed E-state index contributed by atoms with van der Waals surface area (Å²) < 4.78 is 1.73. The molecule has 2 rings (SSSR count). The SMILES string of the molecule is CC(C(=O)N1CCCCCC1)n1cccn1. The number of likely N-dealkylation sites (tertiary alicyclic amines) is 1. The standard InChI is InChI=1S/C12H19N3O/c1-11(15-10-6-7-13-15)12(16)14-8-4-2-3-5-9-14/h6-7,10-11H,2-5,8-9H2,1H3. The number of rotatable bonds is 2. The van der Waals surface area contributed by atoms with Gasteiger partial charge in [-0.3, -0.25) is 9.48 Å². The van der Waals surface area contributed by atoms with Crippen LogP contribution in [0.2, 0.25) is 0 Å². The quantitative estimate of drug-likeness (QED) is 0.764. The van der Waals surface area contributed by atoms with Crippen LogP contribution in [-0.4, -0.2) is 33.7 Å². The van der Waals surface area contributed by atoms with Crippen molar-refractivity contribution in [3.8, 4) is 0 Å². The first-order valence-corrected chi connectivity index (χ1v) is 6.07. The van der Waals surface area contributed by atoms with E-state index in [2.05, 4.69) is 5.10 Å². The molecule has 0 saturated carbocycles. The van der Waals surface area contributed by atoms with Gasteiger partial charge in [0.25, 0.3) is 0 Å². The predicted octanol–water partition coefficient (Wildman–Crippen LogP) is 1.85. The van der Waals surface area contributed by atoms with Crippen molar-refractivity contribution in [2.24, 2.45) is 0 Å². The zero-order valence-corrected chi connectivity index (χ0v) is 9.80. The average molecular weight is 221 g/mol. The maximum atomic E-state index is 12.2. The van der Waals surface area contributed by atoms with Crippen LogP contribution in [0.3, 0.4) is 0 Å². The number of aromatic nitrogens is 2. The van der Waals surface area contributed by atoms with Gasteiger partial charge in [0.05, 0.1) is 0 Å². The minimum atomic E-state index is -0.173. The summed E-state index contributed by atoms with van der Waals surface area (Å²) in [5.41, 5.74) is 0. The molecule has 0 aliphatic carbocycles. The van der Waals surface area contributed by atoms with Crippen molar-refractivity contribution in [3.63, 3.8) is 0 Å². The minimum absolute atomic E-state index is 0.173. The second kappa shape index (κ2) is 5.14. The van der Waals surface area contributed by atoms with Gasteiger partial charge in [0, 0.05) is 25.5 Å². The summed E-state index contributed by atoms with van der Waals surface area (Å²) >= 11 is 0. The lowest BCUT2D eigenvalue weighted by Crippen LogP contribution is -2.37. The summed E-state index contributed by atoms with van der Waals surface area (Å²) in [6.45, 7) is 3.73. The van der Waals surface area contributed by atoms with Gasteiger partial charge in [0.1, 0.15) is 6.04 Å². The highest BCUT2D eigenvalue weighted by Gasteiger charge is 2.22. The molecule has 0 radical (unpaired) electrons. The highest BCUT2D eigenvalue weighted by molar-refractivity contribution is 5.79. The molecular formula is C12H19N3O. The number of amides is 1. The first-order chi connectivity index (χ1) is 7.79. The Hall–Kier alpha value is -1.32. The van der Waals surface area contributed by atoms with Crippen LogP contribution < -0.4 is 0 Å². The van der Waals surface area contributed by atoms with Crippen molar-refractivity contribution in [1.29, 1.82) is 0 Å². The van der Waals surface area contributed by atoms with Crippen molar-refractivity contribution in [1.82, 2.24) is 14.7 Å². The van der Waals surface area contributed by atoms with Crippen LogP contribution in [0.4, 0.5) is 0 Å². The second-order valence-corrected chi connectivity index (χ2v) is 4.40. The molecule has 1 saturated heterocycles. The average Bonchev–Trinajstić information content (AvgIpc) is 2.70. The summed E-state index contributed by atoms with van der Waals surface area (Å²) in [5.74, 6) is 0.200. The smallest absolute Gasteiger partial charge is 0.247 e. The lowest BCUT2D eigenvalue weighted by atomic mass is 10.2. The zero-order valence-electron chi connectivity index (χ0n) is 9.80. The van der Waals surface area contributed by atoms with Crippen molar-refractivity contribution in [2.75, 3.05) is 13.1 Å². The Kier molecular flexibility index (Phi) is 3.59. The monoisotopic (exact) mass is 221 g/mol. The molecular weight excluding hydrogens is 202 g/mol. The number of nitrogens with zero attached hydrogens (tertiary/aromatic N) is 3. The molecule has 4 heteroatoms. The van der Waals surface area contributed by atoms with E-state index in [9.17, 15) is 4.79 Å². The van der Waals surface area contributed by atoms with Gasteiger partial charge in [-0.2, -0.15) is 5.10 Å². The molecule has 1 aliphatic rings. The Morgan fingerprint density at radius 1 is 1.25 bits per heavy atom. The fourth-order valence-corrected chi connectivity index (χ4v) is 2.18. The van der Waals surface area contributed by atoms with Crippen LogP contribution in [0.5, 0.6) is 0 Å². The summed E-state index contributed by atoms with van der Waals surface area (Å²) in [4.78, 5) is 14.2. The highest BCUT2D eigenvalue weighted by Crippen LogP contribution is 2.14. The third kappa shape index (κ3) is 2.43. The molecule has 0 bridgehead atoms. The van der Waals surface area contributed by atoms with Gasteiger partial charge in [-0.25, -0.2) is 0 Å². The molecule has 4 nitrogen and oxygen atoms in total. The summed E-state index contributed by atoms with van der Waals surface area (Å²) in [7, 11) is 0. The van der Waals surface area contributed by atoms with Crippen LogP contribution in [0, 0.1) is 0 Å². The van der Waals surface area contributed by atoms with Crippen LogP contribution in [-0.2, 0) is 4.79 Å². The molecule has 1 atom stereocenters. The molecule has 88 valence electrons. The second-order valence-electron chi connectivity index (χ2n) is 4.40. The van der Waals surface area contributed by atoms with Gasteiger partial charge in [-0.15, -0.1) is 0 Å². The van der Waals surface area contributed by atoms with E-state index >= 15 is 0 Å². The number of hydrogen-bond acceptors (Lipinski definition) is 2.